The molecule has 0 aliphatic carbocycles. The Kier molecular flexibility index (Phi) is 10.6. The molecule has 0 aromatic heterocycles. The molecule has 1 aromatic carbocycles. The van der Waals surface area contributed by atoms with Gasteiger partial charge in [0.25, 0.3) is 0 Å². The van der Waals surface area contributed by atoms with Crippen LogP contribution in [-0.2, 0) is 19.2 Å². The summed E-state index contributed by atoms with van der Waals surface area (Å²) in [4.78, 5) is 44.8. The predicted molar refractivity (Wildman–Crippen MR) is 121 cm³/mol. The van der Waals surface area contributed by atoms with E-state index in [0.717, 1.165) is 5.69 Å². The second kappa shape index (κ2) is 12.3. The first-order valence-corrected chi connectivity index (χ1v) is 10.5. The number of carbonyl (C=O) groups is 4. The maximum Gasteiger partial charge on any atom is 0.490 e. The van der Waals surface area contributed by atoms with E-state index < -0.39 is 29.8 Å². The van der Waals surface area contributed by atoms with Gasteiger partial charge in [-0.1, -0.05) is 11.6 Å². The Morgan fingerprint density at radius 1 is 1.20 bits per heavy atom. The van der Waals surface area contributed by atoms with Gasteiger partial charge in [0.05, 0.1) is 22.7 Å². The number of nitrogens with zero attached hydrogens (tertiary/aromatic N) is 1. The predicted octanol–water partition coefficient (Wildman–Crippen LogP) is 2.42. The highest BCUT2D eigenvalue weighted by Gasteiger charge is 2.38. The van der Waals surface area contributed by atoms with Gasteiger partial charge in [-0.2, -0.15) is 13.2 Å². The normalized spacial score (nSPS) is 19.5. The fourth-order valence-electron chi connectivity index (χ4n) is 3.51. The van der Waals surface area contributed by atoms with Gasteiger partial charge in [0.1, 0.15) is 6.04 Å². The summed E-state index contributed by atoms with van der Waals surface area (Å²) >= 11 is 6.40. The van der Waals surface area contributed by atoms with Crippen LogP contribution in [0.15, 0.2) is 18.2 Å². The molecule has 196 valence electrons. The lowest BCUT2D eigenvalue weighted by Crippen LogP contribution is -2.47. The summed E-state index contributed by atoms with van der Waals surface area (Å²) in [6, 6.07) is 4.88. The Morgan fingerprint density at radius 3 is 2.23 bits per heavy atom. The lowest BCUT2D eigenvalue weighted by Gasteiger charge is -2.39. The SMILES string of the molecule is Cl.O=C(O)C(F)(F)F.O=C(O)CC1(O)CCN(c2ccc(NC3CCC(=O)NC3=O)cc2Cl)CC1. The van der Waals surface area contributed by atoms with E-state index in [-0.39, 0.29) is 30.6 Å². The van der Waals surface area contributed by atoms with Crippen LogP contribution in [0.4, 0.5) is 24.5 Å². The third-order valence-electron chi connectivity index (χ3n) is 5.29. The van der Waals surface area contributed by atoms with Crippen molar-refractivity contribution in [2.45, 2.75) is 49.9 Å². The molecule has 1 atom stereocenters. The summed E-state index contributed by atoms with van der Waals surface area (Å²) in [5.74, 6) is -4.38. The smallest absolute Gasteiger partial charge is 0.481 e. The number of benzene rings is 1. The topological polar surface area (TPSA) is 156 Å². The van der Waals surface area contributed by atoms with Gasteiger partial charge in [-0.3, -0.25) is 19.7 Å². The minimum Gasteiger partial charge on any atom is -0.481 e. The van der Waals surface area contributed by atoms with E-state index >= 15 is 0 Å². The van der Waals surface area contributed by atoms with E-state index in [2.05, 4.69) is 10.6 Å². The number of halogens is 5. The molecule has 1 aromatic rings. The summed E-state index contributed by atoms with van der Waals surface area (Å²) < 4.78 is 31.7. The number of carboxylic acids is 2. The Bertz CT molecular complexity index is 954. The van der Waals surface area contributed by atoms with Gasteiger partial charge >= 0.3 is 18.1 Å². The number of piperidine rings is 2. The molecule has 2 fully saturated rings. The number of hydrogen-bond acceptors (Lipinski definition) is 7. The number of alkyl halides is 3. The number of hydrogen-bond donors (Lipinski definition) is 5. The van der Waals surface area contributed by atoms with E-state index in [4.69, 9.17) is 26.6 Å². The molecule has 2 heterocycles. The summed E-state index contributed by atoms with van der Waals surface area (Å²) in [6.45, 7) is 1.01. The second-order valence-electron chi connectivity index (χ2n) is 7.90. The molecule has 0 radical (unpaired) electrons. The highest BCUT2D eigenvalue weighted by Crippen LogP contribution is 2.34. The maximum absolute atomic E-state index is 11.8. The molecule has 0 saturated carbocycles. The van der Waals surface area contributed by atoms with Crippen LogP contribution >= 0.6 is 24.0 Å². The van der Waals surface area contributed by atoms with Gasteiger partial charge in [-0.25, -0.2) is 4.79 Å². The molecule has 2 aliphatic rings. The number of imide groups is 1. The molecule has 10 nitrogen and oxygen atoms in total. The monoisotopic (exact) mass is 545 g/mol. The van der Waals surface area contributed by atoms with Crippen LogP contribution in [0.25, 0.3) is 0 Å². The number of anilines is 2. The number of aliphatic carboxylic acids is 2. The van der Waals surface area contributed by atoms with Gasteiger partial charge < -0.3 is 25.5 Å². The quantitative estimate of drug-likeness (QED) is 0.350. The fraction of sp³-hybridized carbons (Fsp3) is 0.500. The largest absolute Gasteiger partial charge is 0.490 e. The average Bonchev–Trinajstić information content (AvgIpc) is 2.70. The summed E-state index contributed by atoms with van der Waals surface area (Å²) in [5, 5.41) is 32.2. The Balaban J connectivity index is 0.000000672. The number of carboxylic acid groups (broad SMARTS) is 2. The van der Waals surface area contributed by atoms with E-state index in [1.54, 1.807) is 6.07 Å². The third kappa shape index (κ3) is 9.07. The summed E-state index contributed by atoms with van der Waals surface area (Å²) in [6.07, 6.45) is -3.91. The number of aliphatic hydroxyl groups is 1. The molecule has 35 heavy (non-hydrogen) atoms. The molecule has 2 saturated heterocycles. The zero-order valence-electron chi connectivity index (χ0n) is 18.1. The van der Waals surface area contributed by atoms with Crippen molar-refractivity contribution in [3.05, 3.63) is 23.2 Å². The summed E-state index contributed by atoms with van der Waals surface area (Å²) in [5.41, 5.74) is 0.294. The molecule has 0 bridgehead atoms. The van der Waals surface area contributed by atoms with Gasteiger partial charge in [0.15, 0.2) is 0 Å². The maximum atomic E-state index is 11.8. The molecular weight excluding hydrogens is 522 g/mol. The lowest BCUT2D eigenvalue weighted by molar-refractivity contribution is -0.192. The lowest BCUT2D eigenvalue weighted by atomic mass is 9.88. The minimum absolute atomic E-state index is 0. The van der Waals surface area contributed by atoms with Gasteiger partial charge in [0.2, 0.25) is 11.8 Å². The first-order chi connectivity index (χ1) is 15.7. The van der Waals surface area contributed by atoms with Crippen molar-refractivity contribution in [1.82, 2.24) is 5.32 Å². The zero-order chi connectivity index (χ0) is 25.7. The molecule has 2 aliphatic heterocycles. The fourth-order valence-corrected chi connectivity index (χ4v) is 3.81. The molecule has 2 amide bonds. The number of nitrogens with one attached hydrogen (secondary N) is 2. The minimum atomic E-state index is -5.08. The van der Waals surface area contributed by atoms with E-state index in [1.165, 1.54) is 0 Å². The van der Waals surface area contributed by atoms with E-state index in [1.807, 2.05) is 17.0 Å². The van der Waals surface area contributed by atoms with Crippen molar-refractivity contribution < 1.29 is 47.7 Å². The third-order valence-corrected chi connectivity index (χ3v) is 5.59. The van der Waals surface area contributed by atoms with Crippen molar-refractivity contribution in [3.8, 4) is 0 Å². The number of carbonyl (C=O) groups excluding carboxylic acids is 2. The Hall–Kier alpha value is -2.77. The first kappa shape index (κ1) is 30.3. The average molecular weight is 546 g/mol. The van der Waals surface area contributed by atoms with Crippen molar-refractivity contribution in [2.24, 2.45) is 0 Å². The highest BCUT2D eigenvalue weighted by atomic mass is 35.5. The molecule has 5 N–H and O–H groups in total. The molecular formula is C20H24Cl2F3N3O7. The highest BCUT2D eigenvalue weighted by molar-refractivity contribution is 6.33. The van der Waals surface area contributed by atoms with Crippen LogP contribution < -0.4 is 15.5 Å². The molecule has 0 spiro atoms. The van der Waals surface area contributed by atoms with Crippen LogP contribution in [0.2, 0.25) is 5.02 Å². The Morgan fingerprint density at radius 2 is 1.77 bits per heavy atom. The van der Waals surface area contributed by atoms with Crippen molar-refractivity contribution in [1.29, 1.82) is 0 Å². The van der Waals surface area contributed by atoms with Crippen LogP contribution in [0.1, 0.15) is 32.1 Å². The van der Waals surface area contributed by atoms with Crippen molar-refractivity contribution in [3.63, 3.8) is 0 Å². The van der Waals surface area contributed by atoms with Crippen LogP contribution in [0.5, 0.6) is 0 Å². The standard InChI is InChI=1S/C18H22ClN3O5.C2HF3O2.ClH/c19-12-9-11(20-13-2-4-15(23)21-17(13)26)1-3-14(12)22-7-5-18(27,6-8-22)10-16(24)25;3-2(4,5)1(6)7;/h1,3,9,13,20,27H,2,4-8,10H2,(H,24,25)(H,21,23,26);(H,6,7);1H. The summed E-state index contributed by atoms with van der Waals surface area (Å²) in [7, 11) is 0. The van der Waals surface area contributed by atoms with E-state index in [9.17, 15) is 32.7 Å². The Labute approximate surface area is 208 Å². The van der Waals surface area contributed by atoms with E-state index in [0.29, 0.717) is 49.5 Å². The van der Waals surface area contributed by atoms with Gasteiger partial charge in [-0.05, 0) is 37.5 Å². The van der Waals surface area contributed by atoms with Gasteiger partial charge in [0, 0.05) is 25.2 Å². The van der Waals surface area contributed by atoms with Crippen molar-refractivity contribution in [2.75, 3.05) is 23.3 Å². The molecule has 3 rings (SSSR count). The van der Waals surface area contributed by atoms with Crippen LogP contribution in [0.3, 0.4) is 0 Å². The first-order valence-electron chi connectivity index (χ1n) is 10.1. The zero-order valence-corrected chi connectivity index (χ0v) is 19.7. The molecule has 15 heteroatoms. The van der Waals surface area contributed by atoms with Gasteiger partial charge in [-0.15, -0.1) is 12.4 Å². The number of amides is 2. The van der Waals surface area contributed by atoms with Crippen LogP contribution in [0, 0.1) is 0 Å². The second-order valence-corrected chi connectivity index (χ2v) is 8.31. The van der Waals surface area contributed by atoms with Crippen molar-refractivity contribution >= 4 is 59.1 Å². The van der Waals surface area contributed by atoms with Crippen LogP contribution in [-0.4, -0.2) is 70.0 Å². The molecule has 1 unspecified atom stereocenters. The number of rotatable bonds is 5.